The molecule has 0 nitrogen and oxygen atoms in total. The molecule has 0 N–H and O–H groups in total. The van der Waals surface area contributed by atoms with Crippen LogP contribution in [0, 0.1) is 0 Å². The molecule has 1 heteroatoms. The molecule has 2 aromatic carbocycles. The van der Waals surface area contributed by atoms with Crippen LogP contribution in [-0.2, 0) is 0 Å². The van der Waals surface area contributed by atoms with Gasteiger partial charge in [0.1, 0.15) is 8.80 Å². The van der Waals surface area contributed by atoms with Gasteiger partial charge in [0.05, 0.1) is 0 Å². The highest BCUT2D eigenvalue weighted by Crippen LogP contribution is 2.06. The van der Waals surface area contributed by atoms with E-state index in [0.29, 0.717) is 0 Å². The smallest absolute Gasteiger partial charge is 0.0890 e. The van der Waals surface area contributed by atoms with Crippen molar-refractivity contribution in [1.82, 2.24) is 0 Å². The zero-order valence-electron chi connectivity index (χ0n) is 11.1. The third-order valence-corrected chi connectivity index (χ3v) is 6.16. The van der Waals surface area contributed by atoms with Crippen LogP contribution in [0.4, 0.5) is 0 Å². The van der Waals surface area contributed by atoms with E-state index in [2.05, 4.69) is 80.6 Å². The van der Waals surface area contributed by atoms with Crippen LogP contribution in [0.2, 0.25) is 6.04 Å². The maximum Gasteiger partial charge on any atom is 0.125 e. The molecule has 0 fully saturated rings. The van der Waals surface area contributed by atoms with Crippen LogP contribution in [0.5, 0.6) is 0 Å². The first-order chi connectivity index (χ1) is 8.81. The van der Waals surface area contributed by atoms with E-state index >= 15 is 0 Å². The summed E-state index contributed by atoms with van der Waals surface area (Å²) in [5, 5.41) is 2.99. The summed E-state index contributed by atoms with van der Waals surface area (Å²) in [6.07, 6.45) is 2.23. The summed E-state index contributed by atoms with van der Waals surface area (Å²) in [6.45, 7) is 4.36. The molecule has 0 unspecified atom stereocenters. The lowest BCUT2D eigenvalue weighted by molar-refractivity contribution is 1.34. The highest BCUT2D eigenvalue weighted by atomic mass is 28.3. The van der Waals surface area contributed by atoms with Crippen molar-refractivity contribution in [3.05, 3.63) is 72.3 Å². The third kappa shape index (κ3) is 3.20. The molecule has 0 spiro atoms. The van der Waals surface area contributed by atoms with E-state index in [-0.39, 0.29) is 0 Å². The Morgan fingerprint density at radius 3 is 1.72 bits per heavy atom. The molecule has 0 atom stereocenters. The van der Waals surface area contributed by atoms with Crippen LogP contribution >= 0.6 is 0 Å². The molecule has 0 aromatic heterocycles. The second-order valence-corrected chi connectivity index (χ2v) is 6.99. The highest BCUT2D eigenvalue weighted by Gasteiger charge is 2.16. The van der Waals surface area contributed by atoms with Crippen molar-refractivity contribution in [3.8, 4) is 0 Å². The monoisotopic (exact) mass is 251 g/mol. The predicted molar refractivity (Wildman–Crippen MR) is 82.1 cm³/mol. The molecule has 0 bridgehead atoms. The van der Waals surface area contributed by atoms with Gasteiger partial charge in [0, 0.05) is 0 Å². The number of hydrogen-bond acceptors (Lipinski definition) is 0. The molecule has 0 aliphatic carbocycles. The van der Waals surface area contributed by atoms with Crippen molar-refractivity contribution in [2.75, 3.05) is 0 Å². The topological polar surface area (TPSA) is 0 Å². The fourth-order valence-corrected chi connectivity index (χ4v) is 4.72. The molecule has 1 radical (unpaired) electrons. The number of benzene rings is 2. The summed E-state index contributed by atoms with van der Waals surface area (Å²) < 4.78 is 0. The summed E-state index contributed by atoms with van der Waals surface area (Å²) >= 11 is 0. The quantitative estimate of drug-likeness (QED) is 0.578. The Labute approximate surface area is 112 Å². The van der Waals surface area contributed by atoms with Crippen molar-refractivity contribution >= 4 is 19.2 Å². The van der Waals surface area contributed by atoms with Crippen LogP contribution in [0.25, 0.3) is 0 Å². The van der Waals surface area contributed by atoms with Crippen LogP contribution in [0.1, 0.15) is 13.8 Å². The van der Waals surface area contributed by atoms with E-state index in [0.717, 1.165) is 0 Å². The third-order valence-electron chi connectivity index (χ3n) is 3.19. The first-order valence-corrected chi connectivity index (χ1v) is 8.10. The fourth-order valence-electron chi connectivity index (χ4n) is 2.03. The Morgan fingerprint density at radius 2 is 1.33 bits per heavy atom. The summed E-state index contributed by atoms with van der Waals surface area (Å²) in [5.74, 6) is 0. The van der Waals surface area contributed by atoms with Crippen LogP contribution < -0.4 is 10.4 Å². The molecule has 0 amide bonds. The molecule has 0 aliphatic rings. The van der Waals surface area contributed by atoms with E-state index < -0.39 is 8.80 Å². The molecule has 0 saturated heterocycles. The van der Waals surface area contributed by atoms with Gasteiger partial charge in [-0.15, -0.1) is 0 Å². The van der Waals surface area contributed by atoms with Crippen LogP contribution in [0.3, 0.4) is 0 Å². The van der Waals surface area contributed by atoms with Crippen molar-refractivity contribution in [3.63, 3.8) is 0 Å². The van der Waals surface area contributed by atoms with Gasteiger partial charge in [-0.1, -0.05) is 82.7 Å². The summed E-state index contributed by atoms with van der Waals surface area (Å²) in [6, 6.07) is 23.0. The van der Waals surface area contributed by atoms with Gasteiger partial charge in [0.25, 0.3) is 0 Å². The molecule has 0 saturated carbocycles. The Morgan fingerprint density at radius 1 is 0.889 bits per heavy atom. The zero-order valence-corrected chi connectivity index (χ0v) is 12.1. The summed E-state index contributed by atoms with van der Waals surface area (Å²) in [7, 11) is -0.679. The van der Waals surface area contributed by atoms with E-state index in [1.807, 2.05) is 0 Å². The van der Waals surface area contributed by atoms with Crippen molar-refractivity contribution < 1.29 is 0 Å². The maximum absolute atomic E-state index is 2.27. The average Bonchev–Trinajstić information content (AvgIpc) is 2.46. The van der Waals surface area contributed by atoms with Crippen LogP contribution in [-0.4, -0.2) is 8.80 Å². The molecular weight excluding hydrogens is 232 g/mol. The van der Waals surface area contributed by atoms with E-state index in [1.54, 1.807) is 0 Å². The highest BCUT2D eigenvalue weighted by molar-refractivity contribution is 6.85. The van der Waals surface area contributed by atoms with Gasteiger partial charge in [0.15, 0.2) is 0 Å². The largest absolute Gasteiger partial charge is 0.125 e. The van der Waals surface area contributed by atoms with E-state index in [1.165, 1.54) is 22.0 Å². The zero-order chi connectivity index (χ0) is 12.8. The maximum atomic E-state index is 2.27. The van der Waals surface area contributed by atoms with Gasteiger partial charge >= 0.3 is 0 Å². The number of hydrogen-bond donors (Lipinski definition) is 0. The molecule has 18 heavy (non-hydrogen) atoms. The van der Waals surface area contributed by atoms with E-state index in [9.17, 15) is 0 Å². The Bertz CT molecular complexity index is 460. The second-order valence-electron chi connectivity index (χ2n) is 4.52. The molecule has 0 heterocycles. The molecular formula is C17H19Si. The second kappa shape index (κ2) is 6.36. The van der Waals surface area contributed by atoms with Gasteiger partial charge in [-0.3, -0.25) is 0 Å². The number of allylic oxidation sites excluding steroid dienone is 2. The lowest BCUT2D eigenvalue weighted by Crippen LogP contribution is -2.41. The minimum atomic E-state index is -0.679. The normalized spacial score (nSPS) is 11.8. The van der Waals surface area contributed by atoms with Gasteiger partial charge in [-0.2, -0.15) is 0 Å². The van der Waals surface area contributed by atoms with Crippen LogP contribution in [0.15, 0.2) is 72.3 Å². The van der Waals surface area contributed by atoms with E-state index in [4.69, 9.17) is 0 Å². The summed E-state index contributed by atoms with van der Waals surface area (Å²) in [4.78, 5) is 0. The van der Waals surface area contributed by atoms with Gasteiger partial charge in [0.2, 0.25) is 0 Å². The van der Waals surface area contributed by atoms with Gasteiger partial charge < -0.3 is 0 Å². The minimum absolute atomic E-state index is 0.679. The Balaban J connectivity index is 2.35. The molecule has 0 aliphatic heterocycles. The van der Waals surface area contributed by atoms with Gasteiger partial charge in [-0.25, -0.2) is 0 Å². The first kappa shape index (κ1) is 12.8. The number of rotatable bonds is 4. The van der Waals surface area contributed by atoms with Crippen molar-refractivity contribution in [2.24, 2.45) is 0 Å². The Hall–Kier alpha value is -1.60. The van der Waals surface area contributed by atoms with Crippen molar-refractivity contribution in [1.29, 1.82) is 0 Å². The Kier molecular flexibility index (Phi) is 4.54. The lowest BCUT2D eigenvalue weighted by Gasteiger charge is -2.16. The molecule has 2 rings (SSSR count). The molecule has 91 valence electrons. The van der Waals surface area contributed by atoms with Gasteiger partial charge in [-0.05, 0) is 19.9 Å². The summed E-state index contributed by atoms with van der Waals surface area (Å²) in [5.41, 5.74) is 1.48. The standard InChI is InChI=1S/C17H19Si/c1-3-15(2)14-18(16-10-6-4-7-11-16)17-12-8-5-9-13-17/h3-13H,14H2,1-2H3/b15-3-. The minimum Gasteiger partial charge on any atom is -0.0890 e. The SMILES string of the molecule is C/C=C(/C)C[Si](c1ccccc1)c1ccccc1. The first-order valence-electron chi connectivity index (χ1n) is 6.39. The fraction of sp³-hybridized carbons (Fsp3) is 0.176. The lowest BCUT2D eigenvalue weighted by atomic mass is 10.3. The van der Waals surface area contributed by atoms with Crippen molar-refractivity contribution in [2.45, 2.75) is 19.9 Å². The average molecular weight is 251 g/mol. The molecule has 2 aromatic rings. The predicted octanol–water partition coefficient (Wildman–Crippen LogP) is 3.26.